The Kier molecular flexibility index (Phi) is 2.50. The van der Waals surface area contributed by atoms with Gasteiger partial charge in [0.2, 0.25) is 0 Å². The van der Waals surface area contributed by atoms with Crippen LogP contribution in [-0.4, -0.2) is 0 Å². The minimum Gasteiger partial charge on any atom is -0.428 e. The van der Waals surface area contributed by atoms with Gasteiger partial charge >= 0.3 is 0 Å². The molecule has 0 unspecified atom stereocenters. The molecular weight excluding hydrogens is 272 g/mol. The summed E-state index contributed by atoms with van der Waals surface area (Å²) in [7, 11) is 0. The lowest BCUT2D eigenvalue weighted by molar-refractivity contribution is 1.76. The van der Waals surface area contributed by atoms with Crippen LogP contribution in [0.4, 0.5) is 0 Å². The zero-order valence-corrected chi connectivity index (χ0v) is 9.95. The van der Waals surface area contributed by atoms with Crippen LogP contribution in [-0.2, 0) is 12.6 Å². The first-order valence-corrected chi connectivity index (χ1v) is 6.12. The number of rotatable bonds is 1. The third-order valence-corrected chi connectivity index (χ3v) is 4.48. The Morgan fingerprint density at radius 3 is 2.17 bits per heavy atom. The van der Waals surface area contributed by atoms with Gasteiger partial charge in [0.05, 0.1) is 3.79 Å². The summed E-state index contributed by atoms with van der Waals surface area (Å²) in [6, 6.07) is 8.21. The van der Waals surface area contributed by atoms with Gasteiger partial charge < -0.3 is 24.0 Å². The summed E-state index contributed by atoms with van der Waals surface area (Å²) in [6.45, 7) is 0. The Balaban J connectivity index is 2.43. The predicted octanol–water partition coefficient (Wildman–Crippen LogP) is 4.14. The molecule has 0 amide bonds. The Morgan fingerprint density at radius 2 is 1.67 bits per heavy atom. The third kappa shape index (κ3) is 1.71. The van der Waals surface area contributed by atoms with Gasteiger partial charge in [0.1, 0.15) is 0 Å². The van der Waals surface area contributed by atoms with Crippen molar-refractivity contribution in [3.8, 4) is 9.75 Å². The monoisotopic (exact) mass is 275 g/mol. The fourth-order valence-electron chi connectivity index (χ4n) is 0.899. The van der Waals surface area contributed by atoms with E-state index in [1.54, 1.807) is 22.7 Å². The Morgan fingerprint density at radius 1 is 1.00 bits per heavy atom. The second kappa shape index (κ2) is 3.46. The highest BCUT2D eigenvalue weighted by atomic mass is 79.9. The lowest BCUT2D eigenvalue weighted by atomic mass is 10.4. The number of halogens is 1. The molecule has 62 valence electrons. The minimum absolute atomic E-state index is 0.953. The Labute approximate surface area is 92.8 Å². The molecule has 0 saturated heterocycles. The van der Waals surface area contributed by atoms with Crippen LogP contribution >= 0.6 is 38.6 Å². The SMILES string of the molecule is [S-]c1ccc(-c2ccc(Br)s2)s1. The summed E-state index contributed by atoms with van der Waals surface area (Å²) in [5.74, 6) is 0. The quantitative estimate of drug-likeness (QED) is 0.705. The zero-order chi connectivity index (χ0) is 8.55. The molecular formula is C8H4BrS3-. The van der Waals surface area contributed by atoms with Gasteiger partial charge in [-0.1, -0.05) is 17.0 Å². The van der Waals surface area contributed by atoms with Crippen LogP contribution in [0.25, 0.3) is 9.75 Å². The van der Waals surface area contributed by atoms with Gasteiger partial charge in [0, 0.05) is 4.88 Å². The van der Waals surface area contributed by atoms with Crippen molar-refractivity contribution < 1.29 is 0 Å². The van der Waals surface area contributed by atoms with Crippen LogP contribution in [0.1, 0.15) is 0 Å². The summed E-state index contributed by atoms with van der Waals surface area (Å²) < 4.78 is 2.12. The second-order valence-corrected chi connectivity index (χ2v) is 6.47. The average Bonchev–Trinajstić information content (AvgIpc) is 2.58. The van der Waals surface area contributed by atoms with Crippen molar-refractivity contribution >= 4 is 51.2 Å². The smallest absolute Gasteiger partial charge is 0.0704 e. The molecule has 0 saturated carbocycles. The average molecular weight is 276 g/mol. The summed E-state index contributed by atoms with van der Waals surface area (Å²) in [4.78, 5) is 2.54. The van der Waals surface area contributed by atoms with Gasteiger partial charge in [-0.3, -0.25) is 0 Å². The molecule has 2 rings (SSSR count). The third-order valence-electron chi connectivity index (χ3n) is 1.40. The van der Waals surface area contributed by atoms with E-state index in [1.165, 1.54) is 9.75 Å². The molecule has 12 heavy (non-hydrogen) atoms. The normalized spacial score (nSPS) is 10.4. The topological polar surface area (TPSA) is 0 Å². The van der Waals surface area contributed by atoms with Crippen LogP contribution < -0.4 is 0 Å². The molecule has 2 aromatic heterocycles. The van der Waals surface area contributed by atoms with Crippen molar-refractivity contribution in [1.82, 2.24) is 0 Å². The van der Waals surface area contributed by atoms with Gasteiger partial charge in [-0.2, -0.15) is 0 Å². The standard InChI is InChI=1S/C8H5BrS3/c9-7-3-1-5(11-7)6-2-4-8(10)12-6/h1-4,10H/p-1. The zero-order valence-electron chi connectivity index (χ0n) is 5.91. The summed E-state index contributed by atoms with van der Waals surface area (Å²) in [6.07, 6.45) is 0. The van der Waals surface area contributed by atoms with E-state index in [4.69, 9.17) is 12.6 Å². The molecule has 0 bridgehead atoms. The molecule has 2 aromatic rings. The van der Waals surface area contributed by atoms with Crippen molar-refractivity contribution in [3.05, 3.63) is 28.1 Å². The highest BCUT2D eigenvalue weighted by Crippen LogP contribution is 2.35. The maximum Gasteiger partial charge on any atom is 0.0704 e. The molecule has 0 atom stereocenters. The molecule has 0 aliphatic heterocycles. The highest BCUT2D eigenvalue weighted by molar-refractivity contribution is 9.11. The molecule has 4 heteroatoms. The van der Waals surface area contributed by atoms with Crippen molar-refractivity contribution in [2.75, 3.05) is 0 Å². The van der Waals surface area contributed by atoms with Crippen LogP contribution in [0.3, 0.4) is 0 Å². The first-order chi connectivity index (χ1) is 5.75. The fourth-order valence-corrected chi connectivity index (χ4v) is 3.45. The van der Waals surface area contributed by atoms with Crippen molar-refractivity contribution in [3.63, 3.8) is 0 Å². The predicted molar refractivity (Wildman–Crippen MR) is 61.0 cm³/mol. The van der Waals surface area contributed by atoms with E-state index in [0.29, 0.717) is 0 Å². The molecule has 0 nitrogen and oxygen atoms in total. The van der Waals surface area contributed by atoms with Crippen LogP contribution in [0.5, 0.6) is 0 Å². The molecule has 0 N–H and O–H groups in total. The number of hydrogen-bond acceptors (Lipinski definition) is 3. The van der Waals surface area contributed by atoms with Gasteiger partial charge in [0.15, 0.2) is 0 Å². The molecule has 0 spiro atoms. The molecule has 2 heterocycles. The van der Waals surface area contributed by atoms with E-state index in [0.717, 1.165) is 8.00 Å². The van der Waals surface area contributed by atoms with E-state index in [9.17, 15) is 0 Å². The summed E-state index contributed by atoms with van der Waals surface area (Å²) in [5, 5.41) is 0. The fraction of sp³-hybridized carbons (Fsp3) is 0. The highest BCUT2D eigenvalue weighted by Gasteiger charge is 1.97. The molecule has 0 radical (unpaired) electrons. The second-order valence-electron chi connectivity index (χ2n) is 2.22. The maximum absolute atomic E-state index is 5.05. The summed E-state index contributed by atoms with van der Waals surface area (Å²) >= 11 is 11.9. The van der Waals surface area contributed by atoms with E-state index in [2.05, 4.69) is 34.1 Å². The minimum atomic E-state index is 0.953. The Bertz CT molecular complexity index is 350. The van der Waals surface area contributed by atoms with E-state index >= 15 is 0 Å². The van der Waals surface area contributed by atoms with Crippen molar-refractivity contribution in [1.29, 1.82) is 0 Å². The van der Waals surface area contributed by atoms with Gasteiger partial charge in [-0.05, 0) is 28.1 Å². The van der Waals surface area contributed by atoms with Crippen molar-refractivity contribution in [2.24, 2.45) is 0 Å². The number of hydrogen-bond donors (Lipinski definition) is 0. The Hall–Kier alpha value is 0.1000. The van der Waals surface area contributed by atoms with Gasteiger partial charge in [-0.25, -0.2) is 0 Å². The first kappa shape index (κ1) is 8.69. The van der Waals surface area contributed by atoms with Crippen LogP contribution in [0.15, 0.2) is 32.3 Å². The van der Waals surface area contributed by atoms with Crippen molar-refractivity contribution in [2.45, 2.75) is 4.21 Å². The largest absolute Gasteiger partial charge is 0.428 e. The molecule has 0 aliphatic carbocycles. The molecule has 0 fully saturated rings. The van der Waals surface area contributed by atoms with Gasteiger partial charge in [0.25, 0.3) is 0 Å². The van der Waals surface area contributed by atoms with Crippen LogP contribution in [0.2, 0.25) is 0 Å². The number of thiophene rings is 2. The maximum atomic E-state index is 5.05. The molecule has 0 aromatic carbocycles. The van der Waals surface area contributed by atoms with E-state index in [1.807, 2.05) is 6.07 Å². The first-order valence-electron chi connectivity index (χ1n) is 3.28. The van der Waals surface area contributed by atoms with Crippen LogP contribution in [0, 0.1) is 0 Å². The van der Waals surface area contributed by atoms with Gasteiger partial charge in [-0.15, -0.1) is 15.5 Å². The lowest BCUT2D eigenvalue weighted by Gasteiger charge is -1.95. The molecule has 0 aliphatic rings. The summed E-state index contributed by atoms with van der Waals surface area (Å²) in [5.41, 5.74) is 0. The van der Waals surface area contributed by atoms with E-state index < -0.39 is 0 Å². The lowest BCUT2D eigenvalue weighted by Crippen LogP contribution is -1.55. The van der Waals surface area contributed by atoms with E-state index in [-0.39, 0.29) is 0 Å².